The first-order valence-electron chi connectivity index (χ1n) is 10.5. The number of nitrogens with zero attached hydrogens (tertiary/aromatic N) is 2. The molecule has 0 bridgehead atoms. The quantitative estimate of drug-likeness (QED) is 0.562. The number of benzene rings is 2. The molecule has 9 nitrogen and oxygen atoms in total. The minimum Gasteiger partial charge on any atom is -0.376 e. The second-order valence-corrected chi connectivity index (χ2v) is 9.17. The molecule has 1 atom stereocenters. The van der Waals surface area contributed by atoms with E-state index in [1.165, 1.54) is 12.1 Å². The normalized spacial score (nSPS) is 16.8. The van der Waals surface area contributed by atoms with Crippen molar-refractivity contribution in [2.45, 2.75) is 31.4 Å². The smallest absolute Gasteiger partial charge is 0.261 e. The molecule has 1 amide bonds. The second kappa shape index (κ2) is 9.27. The lowest BCUT2D eigenvalue weighted by Gasteiger charge is -2.23. The Morgan fingerprint density at radius 2 is 2.00 bits per heavy atom. The number of nitrogens with one attached hydrogen (secondary N) is 2. The number of aryl methyl sites for hydroxylation is 2. The molecule has 0 aliphatic carbocycles. The van der Waals surface area contributed by atoms with Gasteiger partial charge in [0.05, 0.1) is 53.1 Å². The highest BCUT2D eigenvalue weighted by Crippen LogP contribution is 2.27. The van der Waals surface area contributed by atoms with Gasteiger partial charge in [-0.1, -0.05) is 18.2 Å². The van der Waals surface area contributed by atoms with E-state index in [-0.39, 0.29) is 22.6 Å². The van der Waals surface area contributed by atoms with Crippen LogP contribution in [0.3, 0.4) is 0 Å². The van der Waals surface area contributed by atoms with Gasteiger partial charge in [-0.05, 0) is 38.1 Å². The molecule has 1 aliphatic heterocycles. The number of fused-ring (bicyclic) bond motifs is 1. The Morgan fingerprint density at radius 3 is 2.69 bits per heavy atom. The van der Waals surface area contributed by atoms with Crippen LogP contribution in [0.1, 0.15) is 23.1 Å². The molecular weight excluding hydrogens is 432 g/mol. The van der Waals surface area contributed by atoms with Crippen LogP contribution < -0.4 is 10.0 Å². The average Bonchev–Trinajstić information content (AvgIpc) is 3.12. The summed E-state index contributed by atoms with van der Waals surface area (Å²) in [6.07, 6.45) is -0.222. The van der Waals surface area contributed by atoms with Gasteiger partial charge in [-0.2, -0.15) is 0 Å². The molecule has 0 unspecified atom stereocenters. The van der Waals surface area contributed by atoms with Gasteiger partial charge < -0.3 is 19.4 Å². The van der Waals surface area contributed by atoms with E-state index in [0.717, 1.165) is 5.82 Å². The monoisotopic (exact) mass is 458 g/mol. The molecular formula is C22H26N4O5S. The minimum atomic E-state index is -3.82. The molecule has 0 radical (unpaired) electrons. The maximum atomic E-state index is 13.1. The standard InChI is InChI=1S/C22H26N4O5S/c1-3-26-15(2)24-20-12-16(25-32(28,29)18-7-5-4-6-8-18)11-19(21(20)26)22(27)23-13-17-14-30-9-10-31-17/h4-8,11-12,17,25H,3,9-10,13-14H2,1-2H3,(H,23,27)/t17-/m0/s1. The molecule has 0 spiro atoms. The highest BCUT2D eigenvalue weighted by molar-refractivity contribution is 7.92. The minimum absolute atomic E-state index is 0.135. The molecule has 170 valence electrons. The first kappa shape index (κ1) is 22.3. The van der Waals surface area contributed by atoms with Crippen molar-refractivity contribution in [3.63, 3.8) is 0 Å². The molecule has 0 saturated carbocycles. The van der Waals surface area contributed by atoms with Gasteiger partial charge in [-0.15, -0.1) is 0 Å². The number of anilines is 1. The van der Waals surface area contributed by atoms with Gasteiger partial charge >= 0.3 is 0 Å². The van der Waals surface area contributed by atoms with Gasteiger partial charge in [0.15, 0.2) is 0 Å². The van der Waals surface area contributed by atoms with Crippen LogP contribution in [0.25, 0.3) is 11.0 Å². The van der Waals surface area contributed by atoms with E-state index in [4.69, 9.17) is 9.47 Å². The Kier molecular flexibility index (Phi) is 6.45. The lowest BCUT2D eigenvalue weighted by Crippen LogP contribution is -2.39. The van der Waals surface area contributed by atoms with E-state index in [9.17, 15) is 13.2 Å². The topological polar surface area (TPSA) is 112 Å². The van der Waals surface area contributed by atoms with Crippen molar-refractivity contribution in [1.82, 2.24) is 14.9 Å². The molecule has 4 rings (SSSR count). The molecule has 32 heavy (non-hydrogen) atoms. The van der Waals surface area contributed by atoms with Crippen LogP contribution in [0.5, 0.6) is 0 Å². The molecule has 2 heterocycles. The summed E-state index contributed by atoms with van der Waals surface area (Å²) < 4.78 is 41.1. The third-order valence-electron chi connectivity index (χ3n) is 5.27. The molecule has 3 aromatic rings. The molecule has 1 saturated heterocycles. The summed E-state index contributed by atoms with van der Waals surface area (Å²) >= 11 is 0. The number of hydrogen-bond acceptors (Lipinski definition) is 6. The summed E-state index contributed by atoms with van der Waals surface area (Å²) in [6, 6.07) is 11.3. The SMILES string of the molecule is CCn1c(C)nc2cc(NS(=O)(=O)c3ccccc3)cc(C(=O)NC[C@H]3COCCO3)c21. The van der Waals surface area contributed by atoms with Gasteiger partial charge in [0.25, 0.3) is 15.9 Å². The molecule has 2 aromatic carbocycles. The van der Waals surface area contributed by atoms with Crippen molar-refractivity contribution in [3.8, 4) is 0 Å². The molecule has 10 heteroatoms. The number of aromatic nitrogens is 2. The largest absolute Gasteiger partial charge is 0.376 e. The zero-order valence-electron chi connectivity index (χ0n) is 18.0. The Balaban J connectivity index is 1.68. The maximum absolute atomic E-state index is 13.1. The molecule has 1 fully saturated rings. The number of amides is 1. The maximum Gasteiger partial charge on any atom is 0.261 e. The highest BCUT2D eigenvalue weighted by atomic mass is 32.2. The summed E-state index contributed by atoms with van der Waals surface area (Å²) in [4.78, 5) is 17.8. The van der Waals surface area contributed by atoms with Gasteiger partial charge in [0.1, 0.15) is 5.82 Å². The van der Waals surface area contributed by atoms with Crippen molar-refractivity contribution in [1.29, 1.82) is 0 Å². The van der Waals surface area contributed by atoms with Crippen LogP contribution in [0, 0.1) is 6.92 Å². The Morgan fingerprint density at radius 1 is 1.22 bits per heavy atom. The molecule has 1 aromatic heterocycles. The molecule has 1 aliphatic rings. The lowest BCUT2D eigenvalue weighted by atomic mass is 10.1. The number of carbonyl (C=O) groups is 1. The van der Waals surface area contributed by atoms with Gasteiger partial charge in [-0.3, -0.25) is 9.52 Å². The van der Waals surface area contributed by atoms with Gasteiger partial charge in [0.2, 0.25) is 0 Å². The lowest BCUT2D eigenvalue weighted by molar-refractivity contribution is -0.0855. The second-order valence-electron chi connectivity index (χ2n) is 7.49. The summed E-state index contributed by atoms with van der Waals surface area (Å²) in [6.45, 7) is 6.18. The highest BCUT2D eigenvalue weighted by Gasteiger charge is 2.22. The van der Waals surface area contributed by atoms with Crippen LogP contribution in [-0.2, 0) is 26.0 Å². The third kappa shape index (κ3) is 4.62. The number of ether oxygens (including phenoxy) is 2. The van der Waals surface area contributed by atoms with Crippen LogP contribution in [0.15, 0.2) is 47.4 Å². The third-order valence-corrected chi connectivity index (χ3v) is 6.67. The van der Waals surface area contributed by atoms with Crippen molar-refractivity contribution in [3.05, 3.63) is 53.9 Å². The number of rotatable bonds is 7. The fourth-order valence-electron chi connectivity index (χ4n) is 3.77. The van der Waals surface area contributed by atoms with Crippen molar-refractivity contribution in [2.75, 3.05) is 31.1 Å². The van der Waals surface area contributed by atoms with Crippen LogP contribution in [0.4, 0.5) is 5.69 Å². The first-order valence-corrected chi connectivity index (χ1v) is 11.9. The van der Waals surface area contributed by atoms with E-state index < -0.39 is 10.0 Å². The number of carbonyl (C=O) groups excluding carboxylic acids is 1. The van der Waals surface area contributed by atoms with E-state index in [0.29, 0.717) is 49.5 Å². The van der Waals surface area contributed by atoms with Crippen molar-refractivity contribution in [2.24, 2.45) is 0 Å². The predicted octanol–water partition coefficient (Wildman–Crippen LogP) is 2.31. The van der Waals surface area contributed by atoms with Crippen LogP contribution >= 0.6 is 0 Å². The zero-order chi connectivity index (χ0) is 22.7. The van der Waals surface area contributed by atoms with Gasteiger partial charge in [0, 0.05) is 13.1 Å². The van der Waals surface area contributed by atoms with E-state index in [2.05, 4.69) is 15.0 Å². The molecule has 2 N–H and O–H groups in total. The van der Waals surface area contributed by atoms with E-state index in [1.807, 2.05) is 18.4 Å². The fraction of sp³-hybridized carbons (Fsp3) is 0.364. The number of sulfonamides is 1. The Bertz CT molecular complexity index is 1220. The fourth-order valence-corrected chi connectivity index (χ4v) is 4.83. The zero-order valence-corrected chi connectivity index (χ0v) is 18.8. The summed E-state index contributed by atoms with van der Waals surface area (Å²) in [5.74, 6) is 0.406. The van der Waals surface area contributed by atoms with Gasteiger partial charge in [-0.25, -0.2) is 13.4 Å². The van der Waals surface area contributed by atoms with Crippen LogP contribution in [0.2, 0.25) is 0 Å². The van der Waals surface area contributed by atoms with Crippen molar-refractivity contribution < 1.29 is 22.7 Å². The number of hydrogen-bond donors (Lipinski definition) is 2. The first-order chi connectivity index (χ1) is 15.4. The summed E-state index contributed by atoms with van der Waals surface area (Å²) in [7, 11) is -3.82. The summed E-state index contributed by atoms with van der Waals surface area (Å²) in [5, 5.41) is 2.88. The van der Waals surface area contributed by atoms with Crippen LogP contribution in [-0.4, -0.2) is 56.3 Å². The average molecular weight is 459 g/mol. The summed E-state index contributed by atoms with van der Waals surface area (Å²) in [5.41, 5.74) is 1.81. The van der Waals surface area contributed by atoms with E-state index >= 15 is 0 Å². The Hall–Kier alpha value is -2.95. The number of imidazole rings is 1. The van der Waals surface area contributed by atoms with E-state index in [1.54, 1.807) is 30.3 Å². The Labute approximate surface area is 186 Å². The van der Waals surface area contributed by atoms with Crippen molar-refractivity contribution >= 4 is 32.7 Å². The predicted molar refractivity (Wildman–Crippen MR) is 120 cm³/mol.